The normalized spacial score (nSPS) is 8.13. The molecule has 0 aliphatic carbocycles. The highest BCUT2D eigenvalue weighted by Crippen LogP contribution is 2.02. The number of nitrogens with one attached hydrogen (secondary N) is 1. The predicted octanol–water partition coefficient (Wildman–Crippen LogP) is 3.64. The molecule has 15 heavy (non-hydrogen) atoms. The molecule has 0 spiro atoms. The zero-order valence-electron chi connectivity index (χ0n) is 10.6. The van der Waals surface area contributed by atoms with Crippen LogP contribution in [0.1, 0.15) is 33.3 Å². The van der Waals surface area contributed by atoms with Crippen molar-refractivity contribution in [1.82, 2.24) is 5.32 Å². The molecule has 0 radical (unpaired) electrons. The summed E-state index contributed by atoms with van der Waals surface area (Å²) < 4.78 is 12.4. The second-order valence-electron chi connectivity index (χ2n) is 2.48. The highest BCUT2D eigenvalue weighted by atomic mass is 19.1. The third-order valence-electron chi connectivity index (χ3n) is 1.58. The van der Waals surface area contributed by atoms with Gasteiger partial charge in [0.15, 0.2) is 0 Å². The fourth-order valence-corrected chi connectivity index (χ4v) is 0.920. The van der Waals surface area contributed by atoms with Crippen molar-refractivity contribution >= 4 is 0 Å². The summed E-state index contributed by atoms with van der Waals surface area (Å²) in [5, 5.41) is 3.04. The highest BCUT2D eigenvalue weighted by Gasteiger charge is 1.91. The zero-order chi connectivity index (χ0) is 12.1. The molecule has 2 heteroatoms. The molecular weight excluding hydrogens is 189 g/mol. The lowest BCUT2D eigenvalue weighted by Gasteiger charge is -1.98. The summed E-state index contributed by atoms with van der Waals surface area (Å²) in [7, 11) is 1.91. The first kappa shape index (κ1) is 16.5. The number of likely N-dealkylation sites (N-methyl/N-ethyl adjacent to an activating group) is 1. The van der Waals surface area contributed by atoms with Crippen molar-refractivity contribution in [3.05, 3.63) is 35.6 Å². The fourth-order valence-electron chi connectivity index (χ4n) is 0.920. The van der Waals surface area contributed by atoms with Crippen molar-refractivity contribution in [3.8, 4) is 0 Å². The zero-order valence-corrected chi connectivity index (χ0v) is 10.6. The number of benzene rings is 1. The van der Waals surface area contributed by atoms with Crippen molar-refractivity contribution in [2.24, 2.45) is 0 Å². The minimum absolute atomic E-state index is 0.168. The van der Waals surface area contributed by atoms with Crippen molar-refractivity contribution in [2.45, 2.75) is 34.1 Å². The molecule has 1 aromatic carbocycles. The number of halogens is 1. The monoisotopic (exact) mass is 213 g/mol. The molecule has 0 heterocycles. The molecule has 0 aliphatic heterocycles. The molecular formula is C13H24FN. The van der Waals surface area contributed by atoms with Gasteiger partial charge >= 0.3 is 0 Å². The minimum Gasteiger partial charge on any atom is -0.319 e. The first-order chi connectivity index (χ1) is 7.33. The van der Waals surface area contributed by atoms with Gasteiger partial charge in [0, 0.05) is 0 Å². The first-order valence-corrected chi connectivity index (χ1v) is 5.72. The Labute approximate surface area is 93.7 Å². The summed E-state index contributed by atoms with van der Waals surface area (Å²) in [5.74, 6) is -0.168. The predicted molar refractivity (Wildman–Crippen MR) is 66.7 cm³/mol. The van der Waals surface area contributed by atoms with Gasteiger partial charge in [-0.25, -0.2) is 4.39 Å². The number of rotatable bonds is 3. The molecule has 0 atom stereocenters. The number of hydrogen-bond acceptors (Lipinski definition) is 1. The van der Waals surface area contributed by atoms with Crippen LogP contribution in [0, 0.1) is 5.82 Å². The molecule has 0 saturated carbocycles. The first-order valence-electron chi connectivity index (χ1n) is 5.72. The summed E-state index contributed by atoms with van der Waals surface area (Å²) in [4.78, 5) is 0. The molecule has 1 aromatic rings. The van der Waals surface area contributed by atoms with Gasteiger partial charge in [0.2, 0.25) is 0 Å². The topological polar surface area (TPSA) is 12.0 Å². The minimum atomic E-state index is -0.168. The molecule has 0 saturated heterocycles. The van der Waals surface area contributed by atoms with Gasteiger partial charge in [0.05, 0.1) is 0 Å². The van der Waals surface area contributed by atoms with Crippen LogP contribution in [0.2, 0.25) is 0 Å². The third kappa shape index (κ3) is 9.42. The van der Waals surface area contributed by atoms with Gasteiger partial charge in [-0.05, 0) is 37.7 Å². The molecule has 0 fully saturated rings. The summed E-state index contributed by atoms with van der Waals surface area (Å²) in [6, 6.07) is 6.61. The summed E-state index contributed by atoms with van der Waals surface area (Å²) in [6.07, 6.45) is 0.955. The van der Waals surface area contributed by atoms with E-state index in [1.54, 1.807) is 0 Å². The van der Waals surface area contributed by atoms with Gasteiger partial charge in [0.1, 0.15) is 5.82 Å². The Morgan fingerprint density at radius 1 is 1.00 bits per heavy atom. The summed E-state index contributed by atoms with van der Waals surface area (Å²) >= 11 is 0. The van der Waals surface area contributed by atoms with Crippen LogP contribution in [0.5, 0.6) is 0 Å². The standard InChI is InChI=1S/C9H12FN.2C2H6/c1-11-7-6-8-2-4-9(10)5-3-8;2*1-2/h2-5,11H,6-7H2,1H3;2*1-2H3. The van der Waals surface area contributed by atoms with Gasteiger partial charge in [-0.15, -0.1) is 0 Å². The Morgan fingerprint density at radius 2 is 1.47 bits per heavy atom. The number of hydrogen-bond donors (Lipinski definition) is 1. The van der Waals surface area contributed by atoms with E-state index in [9.17, 15) is 4.39 Å². The van der Waals surface area contributed by atoms with Crippen molar-refractivity contribution < 1.29 is 4.39 Å². The van der Waals surface area contributed by atoms with E-state index < -0.39 is 0 Å². The smallest absolute Gasteiger partial charge is 0.123 e. The largest absolute Gasteiger partial charge is 0.319 e. The van der Waals surface area contributed by atoms with Crippen LogP contribution in [0.3, 0.4) is 0 Å². The molecule has 0 aliphatic rings. The van der Waals surface area contributed by atoms with Crippen LogP contribution in [0.25, 0.3) is 0 Å². The average Bonchev–Trinajstić information content (AvgIpc) is 2.34. The van der Waals surface area contributed by atoms with Crippen molar-refractivity contribution in [1.29, 1.82) is 0 Å². The van der Waals surface area contributed by atoms with E-state index in [2.05, 4.69) is 5.32 Å². The van der Waals surface area contributed by atoms with Crippen LogP contribution in [0.4, 0.5) is 4.39 Å². The quantitative estimate of drug-likeness (QED) is 0.808. The van der Waals surface area contributed by atoms with Gasteiger partial charge < -0.3 is 5.32 Å². The maximum atomic E-state index is 12.4. The molecule has 0 aromatic heterocycles. The fraction of sp³-hybridized carbons (Fsp3) is 0.538. The molecule has 1 rings (SSSR count). The third-order valence-corrected chi connectivity index (χ3v) is 1.58. The van der Waals surface area contributed by atoms with E-state index >= 15 is 0 Å². The second kappa shape index (κ2) is 13.1. The second-order valence-corrected chi connectivity index (χ2v) is 2.48. The van der Waals surface area contributed by atoms with Gasteiger partial charge in [0.25, 0.3) is 0 Å². The Kier molecular flexibility index (Phi) is 14.5. The van der Waals surface area contributed by atoms with Gasteiger partial charge in [-0.2, -0.15) is 0 Å². The van der Waals surface area contributed by atoms with Crippen LogP contribution >= 0.6 is 0 Å². The van der Waals surface area contributed by atoms with Crippen LogP contribution < -0.4 is 5.32 Å². The lowest BCUT2D eigenvalue weighted by molar-refractivity contribution is 0.626. The average molecular weight is 213 g/mol. The maximum Gasteiger partial charge on any atom is 0.123 e. The maximum absolute atomic E-state index is 12.4. The van der Waals surface area contributed by atoms with Gasteiger partial charge in [-0.1, -0.05) is 39.8 Å². The Balaban J connectivity index is 0. The summed E-state index contributed by atoms with van der Waals surface area (Å²) in [6.45, 7) is 8.94. The molecule has 88 valence electrons. The molecule has 0 unspecified atom stereocenters. The Bertz CT molecular complexity index is 206. The van der Waals surface area contributed by atoms with Crippen LogP contribution in [-0.2, 0) is 6.42 Å². The van der Waals surface area contributed by atoms with Gasteiger partial charge in [-0.3, -0.25) is 0 Å². The van der Waals surface area contributed by atoms with Crippen molar-refractivity contribution in [3.63, 3.8) is 0 Å². The Morgan fingerprint density at radius 3 is 1.87 bits per heavy atom. The van der Waals surface area contributed by atoms with E-state index in [-0.39, 0.29) is 5.82 Å². The van der Waals surface area contributed by atoms with E-state index in [0.717, 1.165) is 13.0 Å². The van der Waals surface area contributed by atoms with Crippen LogP contribution in [0.15, 0.2) is 24.3 Å². The SMILES string of the molecule is CC.CC.CNCCc1ccc(F)cc1. The molecule has 1 N–H and O–H groups in total. The van der Waals surface area contributed by atoms with Crippen LogP contribution in [-0.4, -0.2) is 13.6 Å². The van der Waals surface area contributed by atoms with E-state index in [1.165, 1.54) is 17.7 Å². The summed E-state index contributed by atoms with van der Waals surface area (Å²) in [5.41, 5.74) is 1.17. The van der Waals surface area contributed by atoms with E-state index in [4.69, 9.17) is 0 Å². The van der Waals surface area contributed by atoms with Crippen molar-refractivity contribution in [2.75, 3.05) is 13.6 Å². The lowest BCUT2D eigenvalue weighted by Crippen LogP contribution is -2.10. The molecule has 0 amide bonds. The Hall–Kier alpha value is -0.890. The molecule has 0 bridgehead atoms. The highest BCUT2D eigenvalue weighted by molar-refractivity contribution is 5.16. The van der Waals surface area contributed by atoms with E-state index in [0.29, 0.717) is 0 Å². The lowest BCUT2D eigenvalue weighted by atomic mass is 10.1. The van der Waals surface area contributed by atoms with E-state index in [1.807, 2.05) is 46.9 Å². The molecule has 1 nitrogen and oxygen atoms in total.